The average molecular weight is 260 g/mol. The Labute approximate surface area is 118 Å². The highest BCUT2D eigenvalue weighted by Gasteiger charge is 2.24. The third-order valence-electron chi connectivity index (χ3n) is 4.06. The zero-order valence-electron chi connectivity index (χ0n) is 12.7. The Morgan fingerprint density at radius 1 is 1.32 bits per heavy atom. The first-order valence-electron chi connectivity index (χ1n) is 7.55. The van der Waals surface area contributed by atoms with E-state index in [0.29, 0.717) is 0 Å². The summed E-state index contributed by atoms with van der Waals surface area (Å²) in [5.74, 6) is 0.843. The van der Waals surface area contributed by atoms with Gasteiger partial charge in [0, 0.05) is 13.1 Å². The summed E-state index contributed by atoms with van der Waals surface area (Å²) in [5.41, 5.74) is 9.02. The number of hydrogen-bond donors (Lipinski definition) is 1. The van der Waals surface area contributed by atoms with Crippen LogP contribution in [-0.4, -0.2) is 24.5 Å². The van der Waals surface area contributed by atoms with Gasteiger partial charge in [0.2, 0.25) is 0 Å². The summed E-state index contributed by atoms with van der Waals surface area (Å²) in [7, 11) is 0. The summed E-state index contributed by atoms with van der Waals surface area (Å²) < 4.78 is 0. The van der Waals surface area contributed by atoms with Crippen LogP contribution in [-0.2, 0) is 6.54 Å². The maximum Gasteiger partial charge on any atom is 0.0233 e. The fraction of sp³-hybridized carbons (Fsp3) is 0.647. The first kappa shape index (κ1) is 14.5. The van der Waals surface area contributed by atoms with Crippen molar-refractivity contribution in [2.75, 3.05) is 19.6 Å². The third-order valence-corrected chi connectivity index (χ3v) is 4.06. The number of nitrogens with zero attached hydrogens (tertiary/aromatic N) is 1. The predicted molar refractivity (Wildman–Crippen MR) is 82.2 cm³/mol. The van der Waals surface area contributed by atoms with E-state index in [1.165, 1.54) is 24.0 Å². The van der Waals surface area contributed by atoms with Gasteiger partial charge in [-0.1, -0.05) is 45.0 Å². The zero-order valence-corrected chi connectivity index (χ0v) is 12.7. The van der Waals surface area contributed by atoms with Gasteiger partial charge in [0.1, 0.15) is 0 Å². The van der Waals surface area contributed by atoms with Crippen molar-refractivity contribution in [3.05, 3.63) is 35.4 Å². The molecule has 1 aromatic rings. The molecule has 1 aliphatic carbocycles. The summed E-state index contributed by atoms with van der Waals surface area (Å²) in [4.78, 5) is 2.50. The minimum atomic E-state index is 0.199. The SMILES string of the molecule is CCN(Cc1cccc(C2CC2)c1)CC(C)(C)CN. The molecule has 0 amide bonds. The van der Waals surface area contributed by atoms with E-state index in [1.807, 2.05) is 0 Å². The van der Waals surface area contributed by atoms with E-state index in [1.54, 1.807) is 0 Å². The smallest absolute Gasteiger partial charge is 0.0233 e. The molecule has 1 fully saturated rings. The molecule has 0 aliphatic heterocycles. The van der Waals surface area contributed by atoms with E-state index in [0.717, 1.165) is 32.1 Å². The first-order chi connectivity index (χ1) is 9.04. The molecule has 19 heavy (non-hydrogen) atoms. The minimum Gasteiger partial charge on any atom is -0.330 e. The molecule has 0 saturated heterocycles. The Balaban J connectivity index is 1.99. The van der Waals surface area contributed by atoms with Gasteiger partial charge in [-0.2, -0.15) is 0 Å². The van der Waals surface area contributed by atoms with Crippen molar-refractivity contribution in [1.82, 2.24) is 4.90 Å². The standard InChI is InChI=1S/C17H28N2/c1-4-19(13-17(2,3)12-18)11-14-6-5-7-16(10-14)15-8-9-15/h5-7,10,15H,4,8-9,11-13,18H2,1-3H3. The van der Waals surface area contributed by atoms with Crippen molar-refractivity contribution < 1.29 is 0 Å². The van der Waals surface area contributed by atoms with Crippen molar-refractivity contribution >= 4 is 0 Å². The van der Waals surface area contributed by atoms with Crippen molar-refractivity contribution in [3.63, 3.8) is 0 Å². The molecule has 2 N–H and O–H groups in total. The fourth-order valence-corrected chi connectivity index (χ4v) is 2.57. The van der Waals surface area contributed by atoms with Crippen LogP contribution in [0.4, 0.5) is 0 Å². The highest BCUT2D eigenvalue weighted by atomic mass is 15.1. The lowest BCUT2D eigenvalue weighted by molar-refractivity contribution is 0.183. The Morgan fingerprint density at radius 2 is 2.05 bits per heavy atom. The molecule has 0 spiro atoms. The van der Waals surface area contributed by atoms with E-state index >= 15 is 0 Å². The molecule has 0 unspecified atom stereocenters. The van der Waals surface area contributed by atoms with Gasteiger partial charge in [0.15, 0.2) is 0 Å². The highest BCUT2D eigenvalue weighted by Crippen LogP contribution is 2.40. The van der Waals surface area contributed by atoms with Crippen LogP contribution in [0.5, 0.6) is 0 Å². The second-order valence-electron chi connectivity index (χ2n) is 6.69. The van der Waals surface area contributed by atoms with E-state index in [9.17, 15) is 0 Å². The molecule has 1 aromatic carbocycles. The van der Waals surface area contributed by atoms with E-state index in [4.69, 9.17) is 5.73 Å². The van der Waals surface area contributed by atoms with Crippen LogP contribution in [0.1, 0.15) is 50.7 Å². The second-order valence-corrected chi connectivity index (χ2v) is 6.69. The minimum absolute atomic E-state index is 0.199. The van der Waals surface area contributed by atoms with Gasteiger partial charge in [0.05, 0.1) is 0 Å². The number of benzene rings is 1. The van der Waals surface area contributed by atoms with Crippen molar-refractivity contribution in [1.29, 1.82) is 0 Å². The van der Waals surface area contributed by atoms with Crippen LogP contribution in [0.15, 0.2) is 24.3 Å². The monoisotopic (exact) mass is 260 g/mol. The molecular formula is C17H28N2. The molecule has 0 atom stereocenters. The normalized spacial score (nSPS) is 16.1. The highest BCUT2D eigenvalue weighted by molar-refractivity contribution is 5.29. The molecule has 2 rings (SSSR count). The summed E-state index contributed by atoms with van der Waals surface area (Å²) >= 11 is 0. The summed E-state index contributed by atoms with van der Waals surface area (Å²) in [6, 6.07) is 9.14. The quantitative estimate of drug-likeness (QED) is 0.814. The van der Waals surface area contributed by atoms with Crippen LogP contribution in [0.2, 0.25) is 0 Å². The first-order valence-corrected chi connectivity index (χ1v) is 7.55. The topological polar surface area (TPSA) is 29.3 Å². The maximum atomic E-state index is 5.85. The molecule has 106 valence electrons. The van der Waals surface area contributed by atoms with Gasteiger partial charge in [-0.15, -0.1) is 0 Å². The zero-order chi connectivity index (χ0) is 13.9. The Kier molecular flexibility index (Phi) is 4.64. The molecule has 0 radical (unpaired) electrons. The molecule has 0 bridgehead atoms. The maximum absolute atomic E-state index is 5.85. The molecule has 0 aromatic heterocycles. The van der Waals surface area contributed by atoms with Crippen LogP contribution in [0.3, 0.4) is 0 Å². The van der Waals surface area contributed by atoms with Crippen LogP contribution < -0.4 is 5.73 Å². The molecule has 1 saturated carbocycles. The number of hydrogen-bond acceptors (Lipinski definition) is 2. The molecule has 2 nitrogen and oxygen atoms in total. The predicted octanol–water partition coefficient (Wildman–Crippen LogP) is 3.37. The van der Waals surface area contributed by atoms with Crippen molar-refractivity contribution in [2.45, 2.75) is 46.1 Å². The second kappa shape index (κ2) is 6.06. The number of rotatable bonds is 7. The Bertz CT molecular complexity index is 407. The van der Waals surface area contributed by atoms with Crippen LogP contribution in [0, 0.1) is 5.41 Å². The lowest BCUT2D eigenvalue weighted by atomic mass is 9.93. The van der Waals surface area contributed by atoms with Gasteiger partial charge in [-0.05, 0) is 48.4 Å². The molecule has 0 heterocycles. The molecule has 1 aliphatic rings. The third kappa shape index (κ3) is 4.32. The summed E-state index contributed by atoms with van der Waals surface area (Å²) in [6.07, 6.45) is 2.75. The van der Waals surface area contributed by atoms with Gasteiger partial charge in [-0.25, -0.2) is 0 Å². The van der Waals surface area contributed by atoms with Gasteiger partial charge < -0.3 is 5.73 Å². The van der Waals surface area contributed by atoms with Gasteiger partial charge in [0.25, 0.3) is 0 Å². The van der Waals surface area contributed by atoms with Crippen LogP contribution >= 0.6 is 0 Å². The van der Waals surface area contributed by atoms with Gasteiger partial charge in [-0.3, -0.25) is 4.90 Å². The largest absolute Gasteiger partial charge is 0.330 e. The summed E-state index contributed by atoms with van der Waals surface area (Å²) in [5, 5.41) is 0. The fourth-order valence-electron chi connectivity index (χ4n) is 2.57. The van der Waals surface area contributed by atoms with Crippen LogP contribution in [0.25, 0.3) is 0 Å². The Morgan fingerprint density at radius 3 is 2.63 bits per heavy atom. The Hall–Kier alpha value is -0.860. The van der Waals surface area contributed by atoms with Gasteiger partial charge >= 0.3 is 0 Å². The lowest BCUT2D eigenvalue weighted by Crippen LogP contribution is -2.38. The van der Waals surface area contributed by atoms with E-state index < -0.39 is 0 Å². The average Bonchev–Trinajstić information content (AvgIpc) is 3.22. The summed E-state index contributed by atoms with van der Waals surface area (Å²) in [6.45, 7) is 10.7. The van der Waals surface area contributed by atoms with E-state index in [2.05, 4.69) is 49.9 Å². The molecular weight excluding hydrogens is 232 g/mol. The lowest BCUT2D eigenvalue weighted by Gasteiger charge is -2.31. The molecule has 2 heteroatoms. The number of nitrogens with two attached hydrogens (primary N) is 1. The van der Waals surface area contributed by atoms with E-state index in [-0.39, 0.29) is 5.41 Å². The van der Waals surface area contributed by atoms with Crippen molar-refractivity contribution in [3.8, 4) is 0 Å². The van der Waals surface area contributed by atoms with Crippen molar-refractivity contribution in [2.24, 2.45) is 11.1 Å².